The molecule has 1 heterocycles. The first kappa shape index (κ1) is 19.8. The molecule has 8 nitrogen and oxygen atoms in total. The zero-order valence-corrected chi connectivity index (χ0v) is 16.4. The van der Waals surface area contributed by atoms with Crippen LogP contribution in [0, 0.1) is 17.0 Å². The third-order valence-electron chi connectivity index (χ3n) is 4.69. The highest BCUT2D eigenvalue weighted by Crippen LogP contribution is 2.22. The van der Waals surface area contributed by atoms with Gasteiger partial charge < -0.3 is 4.90 Å². The van der Waals surface area contributed by atoms with Crippen molar-refractivity contribution in [3.05, 3.63) is 63.7 Å². The Morgan fingerprint density at radius 2 is 1.79 bits per heavy atom. The van der Waals surface area contributed by atoms with Gasteiger partial charge in [-0.15, -0.1) is 0 Å². The summed E-state index contributed by atoms with van der Waals surface area (Å²) in [6.45, 7) is 3.65. The minimum atomic E-state index is -3.99. The van der Waals surface area contributed by atoms with Crippen LogP contribution in [0.3, 0.4) is 0 Å². The fourth-order valence-corrected chi connectivity index (χ4v) is 3.91. The van der Waals surface area contributed by atoms with Crippen LogP contribution in [0.15, 0.2) is 52.5 Å². The molecule has 2 aromatic carbocycles. The van der Waals surface area contributed by atoms with E-state index in [9.17, 15) is 18.5 Å². The van der Waals surface area contributed by atoms with Gasteiger partial charge in [-0.2, -0.15) is 13.5 Å². The van der Waals surface area contributed by atoms with Crippen molar-refractivity contribution >= 4 is 27.6 Å². The van der Waals surface area contributed by atoms with Crippen LogP contribution in [0.5, 0.6) is 0 Å². The van der Waals surface area contributed by atoms with Crippen LogP contribution in [0.25, 0.3) is 0 Å². The van der Waals surface area contributed by atoms with Crippen LogP contribution in [-0.2, 0) is 10.0 Å². The van der Waals surface area contributed by atoms with Crippen molar-refractivity contribution < 1.29 is 13.3 Å². The molecule has 0 bridgehead atoms. The SMILES string of the molecule is Cc1ccc(S(=O)(=O)N/N=C/c2ccc(N3CCCCC3)cc2)cc1[N+](=O)[O-]. The van der Waals surface area contributed by atoms with E-state index in [1.54, 1.807) is 6.92 Å². The lowest BCUT2D eigenvalue weighted by molar-refractivity contribution is -0.385. The Balaban J connectivity index is 1.68. The topological polar surface area (TPSA) is 105 Å². The number of hydrazone groups is 1. The number of hydrogen-bond acceptors (Lipinski definition) is 6. The Kier molecular flexibility index (Phi) is 5.93. The van der Waals surface area contributed by atoms with Crippen LogP contribution in [0.1, 0.15) is 30.4 Å². The molecule has 1 aliphatic heterocycles. The van der Waals surface area contributed by atoms with Gasteiger partial charge in [-0.1, -0.05) is 18.2 Å². The van der Waals surface area contributed by atoms with Crippen molar-refractivity contribution in [1.82, 2.24) is 4.83 Å². The third kappa shape index (κ3) is 4.66. The minimum Gasteiger partial charge on any atom is -0.372 e. The Morgan fingerprint density at radius 1 is 1.11 bits per heavy atom. The molecule has 28 heavy (non-hydrogen) atoms. The zero-order valence-electron chi connectivity index (χ0n) is 15.5. The standard InChI is InChI=1S/C19H22N4O4S/c1-15-5-10-18(13-19(15)23(24)25)28(26,27)21-20-14-16-6-8-17(9-7-16)22-11-3-2-4-12-22/h5-10,13-14,21H,2-4,11-12H2,1H3/b20-14+. The number of aryl methyl sites for hydroxylation is 1. The fourth-order valence-electron chi connectivity index (χ4n) is 3.10. The molecule has 1 saturated heterocycles. The largest absolute Gasteiger partial charge is 0.372 e. The first-order chi connectivity index (χ1) is 13.4. The summed E-state index contributed by atoms with van der Waals surface area (Å²) in [5.41, 5.74) is 2.03. The summed E-state index contributed by atoms with van der Waals surface area (Å²) in [6.07, 6.45) is 5.07. The number of nitrogens with one attached hydrogen (secondary N) is 1. The molecule has 0 aliphatic carbocycles. The molecule has 0 unspecified atom stereocenters. The number of anilines is 1. The van der Waals surface area contributed by atoms with Crippen molar-refractivity contribution in [2.24, 2.45) is 5.10 Å². The molecule has 1 aliphatic rings. The Labute approximate surface area is 164 Å². The van der Waals surface area contributed by atoms with E-state index in [0.717, 1.165) is 30.4 Å². The Morgan fingerprint density at radius 3 is 2.43 bits per heavy atom. The predicted octanol–water partition coefficient (Wildman–Crippen LogP) is 3.21. The fraction of sp³-hybridized carbons (Fsp3) is 0.316. The monoisotopic (exact) mass is 402 g/mol. The number of hydrogen-bond donors (Lipinski definition) is 1. The lowest BCUT2D eigenvalue weighted by atomic mass is 10.1. The second-order valence-electron chi connectivity index (χ2n) is 6.70. The summed E-state index contributed by atoms with van der Waals surface area (Å²) in [5.74, 6) is 0. The van der Waals surface area contributed by atoms with Gasteiger partial charge in [0.2, 0.25) is 0 Å². The van der Waals surface area contributed by atoms with Gasteiger partial charge in [-0.25, -0.2) is 4.83 Å². The number of nitro groups is 1. The van der Waals surface area contributed by atoms with Crippen LogP contribution in [0.4, 0.5) is 11.4 Å². The van der Waals surface area contributed by atoms with Gasteiger partial charge in [-0.05, 0) is 49.9 Å². The first-order valence-corrected chi connectivity index (χ1v) is 10.5. The summed E-state index contributed by atoms with van der Waals surface area (Å²) in [4.78, 5) is 14.6. The van der Waals surface area contributed by atoms with E-state index in [1.807, 2.05) is 24.3 Å². The van der Waals surface area contributed by atoms with Gasteiger partial charge in [0.05, 0.1) is 16.0 Å². The Hall–Kier alpha value is -2.94. The van der Waals surface area contributed by atoms with Crippen molar-refractivity contribution in [2.45, 2.75) is 31.1 Å². The highest BCUT2D eigenvalue weighted by atomic mass is 32.2. The van der Waals surface area contributed by atoms with Crippen molar-refractivity contribution in [3.8, 4) is 0 Å². The molecule has 0 atom stereocenters. The summed E-state index contributed by atoms with van der Waals surface area (Å²) >= 11 is 0. The van der Waals surface area contributed by atoms with E-state index < -0.39 is 14.9 Å². The van der Waals surface area contributed by atoms with E-state index in [4.69, 9.17) is 0 Å². The average molecular weight is 402 g/mol. The van der Waals surface area contributed by atoms with E-state index in [0.29, 0.717) is 5.56 Å². The van der Waals surface area contributed by atoms with Crippen LogP contribution in [0.2, 0.25) is 0 Å². The van der Waals surface area contributed by atoms with Gasteiger partial charge in [0.1, 0.15) is 0 Å². The molecule has 0 radical (unpaired) electrons. The second kappa shape index (κ2) is 8.39. The number of nitro benzene ring substituents is 1. The number of rotatable bonds is 6. The van der Waals surface area contributed by atoms with Gasteiger partial charge >= 0.3 is 0 Å². The summed E-state index contributed by atoms with van der Waals surface area (Å²) in [6, 6.07) is 11.5. The van der Waals surface area contributed by atoms with Gasteiger partial charge in [0, 0.05) is 30.4 Å². The van der Waals surface area contributed by atoms with Crippen LogP contribution < -0.4 is 9.73 Å². The molecular formula is C19H22N4O4S. The molecule has 0 aromatic heterocycles. The van der Waals surface area contributed by atoms with Crippen LogP contribution >= 0.6 is 0 Å². The number of nitrogens with zero attached hydrogens (tertiary/aromatic N) is 3. The summed E-state index contributed by atoms with van der Waals surface area (Å²) in [5, 5.41) is 14.8. The molecule has 2 aromatic rings. The van der Waals surface area contributed by atoms with Gasteiger partial charge in [0.15, 0.2) is 0 Å². The molecule has 0 spiro atoms. The number of sulfonamides is 1. The van der Waals surface area contributed by atoms with E-state index in [1.165, 1.54) is 37.6 Å². The Bertz CT molecular complexity index is 981. The lowest BCUT2D eigenvalue weighted by Crippen LogP contribution is -2.29. The third-order valence-corrected chi connectivity index (χ3v) is 5.91. The molecule has 1 N–H and O–H groups in total. The predicted molar refractivity (Wildman–Crippen MR) is 108 cm³/mol. The first-order valence-electron chi connectivity index (χ1n) is 9.02. The minimum absolute atomic E-state index is 0.206. The highest BCUT2D eigenvalue weighted by Gasteiger charge is 2.19. The normalized spacial score (nSPS) is 15.0. The summed E-state index contributed by atoms with van der Waals surface area (Å²) < 4.78 is 24.6. The molecule has 0 saturated carbocycles. The van der Waals surface area contributed by atoms with Crippen LogP contribution in [-0.4, -0.2) is 32.6 Å². The maximum atomic E-state index is 12.3. The highest BCUT2D eigenvalue weighted by molar-refractivity contribution is 7.89. The van der Waals surface area contributed by atoms with E-state index in [-0.39, 0.29) is 10.6 Å². The van der Waals surface area contributed by atoms with Gasteiger partial charge in [-0.3, -0.25) is 10.1 Å². The number of piperidine rings is 1. The molecule has 0 amide bonds. The maximum absolute atomic E-state index is 12.3. The molecule has 3 rings (SSSR count). The lowest BCUT2D eigenvalue weighted by Gasteiger charge is -2.28. The quantitative estimate of drug-likeness (QED) is 0.454. The van der Waals surface area contributed by atoms with E-state index >= 15 is 0 Å². The molecule has 148 valence electrons. The van der Waals surface area contributed by atoms with E-state index in [2.05, 4.69) is 14.8 Å². The summed E-state index contributed by atoms with van der Waals surface area (Å²) in [7, 11) is -3.99. The smallest absolute Gasteiger partial charge is 0.276 e. The van der Waals surface area contributed by atoms with Crippen molar-refractivity contribution in [2.75, 3.05) is 18.0 Å². The second-order valence-corrected chi connectivity index (χ2v) is 8.36. The maximum Gasteiger partial charge on any atom is 0.276 e. The van der Waals surface area contributed by atoms with Gasteiger partial charge in [0.25, 0.3) is 15.7 Å². The zero-order chi connectivity index (χ0) is 20.1. The van der Waals surface area contributed by atoms with Crippen molar-refractivity contribution in [3.63, 3.8) is 0 Å². The average Bonchev–Trinajstić information content (AvgIpc) is 2.69. The molecule has 9 heteroatoms. The van der Waals surface area contributed by atoms with Crippen molar-refractivity contribution in [1.29, 1.82) is 0 Å². The number of benzene rings is 2. The molecular weight excluding hydrogens is 380 g/mol. The molecule has 1 fully saturated rings.